The summed E-state index contributed by atoms with van der Waals surface area (Å²) >= 11 is 0. The maximum absolute atomic E-state index is 11.2. The number of carbonyl (C=O) groups is 1. The predicted octanol–water partition coefficient (Wildman–Crippen LogP) is 1.72. The van der Waals surface area contributed by atoms with E-state index in [0.29, 0.717) is 6.61 Å². The molecule has 2 rings (SSSR count). The molecule has 0 aliphatic carbocycles. The molecule has 1 aromatic rings. The van der Waals surface area contributed by atoms with Gasteiger partial charge in [0.1, 0.15) is 6.04 Å². The molecular formula is C11H13NO2. The number of carbonyl (C=O) groups excluding carboxylic acids is 1. The van der Waals surface area contributed by atoms with E-state index in [1.807, 2.05) is 31.2 Å². The van der Waals surface area contributed by atoms with Gasteiger partial charge >= 0.3 is 5.97 Å². The third-order valence-corrected chi connectivity index (χ3v) is 2.29. The second kappa shape index (κ2) is 3.70. The van der Waals surface area contributed by atoms with E-state index in [1.54, 1.807) is 0 Å². The fraction of sp³-hybridized carbons (Fsp3) is 0.364. The summed E-state index contributed by atoms with van der Waals surface area (Å²) < 4.78 is 4.87. The Balaban J connectivity index is 2.07. The zero-order valence-corrected chi connectivity index (χ0v) is 8.12. The Morgan fingerprint density at radius 3 is 3.00 bits per heavy atom. The van der Waals surface area contributed by atoms with Crippen molar-refractivity contribution in [2.45, 2.75) is 19.4 Å². The molecule has 1 aliphatic rings. The fourth-order valence-corrected chi connectivity index (χ4v) is 1.56. The summed E-state index contributed by atoms with van der Waals surface area (Å²) in [5.41, 5.74) is 2.16. The number of anilines is 1. The quantitative estimate of drug-likeness (QED) is 0.723. The van der Waals surface area contributed by atoms with Gasteiger partial charge in [-0.3, -0.25) is 0 Å². The third-order valence-electron chi connectivity index (χ3n) is 2.29. The molecule has 0 aromatic heterocycles. The summed E-state index contributed by atoms with van der Waals surface area (Å²) in [6.45, 7) is 2.56. The van der Waals surface area contributed by atoms with E-state index in [1.165, 1.54) is 5.56 Å². The second-order valence-corrected chi connectivity index (χ2v) is 3.52. The van der Waals surface area contributed by atoms with Crippen molar-refractivity contribution in [2.75, 3.05) is 11.9 Å². The van der Waals surface area contributed by atoms with Gasteiger partial charge in [0, 0.05) is 12.1 Å². The largest absolute Gasteiger partial charge is 0.464 e. The highest BCUT2D eigenvalue weighted by Gasteiger charge is 2.25. The van der Waals surface area contributed by atoms with Crippen LogP contribution in [0, 0.1) is 6.92 Å². The van der Waals surface area contributed by atoms with Gasteiger partial charge in [-0.05, 0) is 24.6 Å². The molecular weight excluding hydrogens is 178 g/mol. The van der Waals surface area contributed by atoms with Crippen molar-refractivity contribution in [3.05, 3.63) is 29.8 Å². The van der Waals surface area contributed by atoms with Gasteiger partial charge in [-0.25, -0.2) is 4.79 Å². The lowest BCUT2D eigenvalue weighted by Crippen LogP contribution is -2.24. The Hall–Kier alpha value is -1.51. The molecule has 1 unspecified atom stereocenters. The van der Waals surface area contributed by atoms with E-state index in [2.05, 4.69) is 5.32 Å². The van der Waals surface area contributed by atoms with Crippen LogP contribution in [0.15, 0.2) is 24.3 Å². The average Bonchev–Trinajstić information content (AvgIpc) is 2.52. The lowest BCUT2D eigenvalue weighted by molar-refractivity contribution is -0.138. The smallest absolute Gasteiger partial charge is 0.328 e. The fourth-order valence-electron chi connectivity index (χ4n) is 1.56. The van der Waals surface area contributed by atoms with E-state index >= 15 is 0 Å². The highest BCUT2D eigenvalue weighted by atomic mass is 16.5. The third kappa shape index (κ3) is 1.87. The normalized spacial score (nSPS) is 20.6. The van der Waals surface area contributed by atoms with Crippen LogP contribution in [0.4, 0.5) is 5.69 Å². The Morgan fingerprint density at radius 1 is 1.50 bits per heavy atom. The minimum Gasteiger partial charge on any atom is -0.464 e. The lowest BCUT2D eigenvalue weighted by Gasteiger charge is -2.10. The van der Waals surface area contributed by atoms with Gasteiger partial charge in [-0.15, -0.1) is 0 Å². The van der Waals surface area contributed by atoms with Crippen LogP contribution in [0.2, 0.25) is 0 Å². The number of aryl methyl sites for hydroxylation is 1. The first-order chi connectivity index (χ1) is 6.75. The first-order valence-corrected chi connectivity index (χ1v) is 4.75. The summed E-state index contributed by atoms with van der Waals surface area (Å²) in [7, 11) is 0. The molecule has 0 saturated carbocycles. The number of esters is 1. The van der Waals surface area contributed by atoms with Crippen LogP contribution < -0.4 is 5.32 Å². The number of cyclic esters (lactones) is 1. The van der Waals surface area contributed by atoms with Crippen LogP contribution in [-0.4, -0.2) is 18.6 Å². The van der Waals surface area contributed by atoms with Crippen LogP contribution in [0.25, 0.3) is 0 Å². The summed E-state index contributed by atoms with van der Waals surface area (Å²) in [5, 5.41) is 3.16. The standard InChI is InChI=1S/C11H13NO2/c1-8-3-2-4-9(7-8)12-10-5-6-14-11(10)13/h2-4,7,10,12H,5-6H2,1H3. The summed E-state index contributed by atoms with van der Waals surface area (Å²) in [6.07, 6.45) is 0.757. The molecule has 1 atom stereocenters. The number of nitrogens with one attached hydrogen (secondary N) is 1. The minimum absolute atomic E-state index is 0.147. The zero-order valence-electron chi connectivity index (χ0n) is 8.12. The molecule has 3 nitrogen and oxygen atoms in total. The van der Waals surface area contributed by atoms with Gasteiger partial charge < -0.3 is 10.1 Å². The second-order valence-electron chi connectivity index (χ2n) is 3.52. The highest BCUT2D eigenvalue weighted by molar-refractivity contribution is 5.80. The number of rotatable bonds is 2. The summed E-state index contributed by atoms with van der Waals surface area (Å²) in [6, 6.07) is 7.80. The van der Waals surface area contributed by atoms with Crippen LogP contribution in [0.1, 0.15) is 12.0 Å². The maximum atomic E-state index is 11.2. The Kier molecular flexibility index (Phi) is 2.39. The summed E-state index contributed by atoms with van der Waals surface area (Å²) in [4.78, 5) is 11.2. The van der Waals surface area contributed by atoms with E-state index in [4.69, 9.17) is 4.74 Å². The molecule has 1 heterocycles. The predicted molar refractivity (Wildman–Crippen MR) is 54.2 cm³/mol. The van der Waals surface area contributed by atoms with Gasteiger partial charge in [0.05, 0.1) is 6.61 Å². The van der Waals surface area contributed by atoms with Crippen molar-refractivity contribution in [1.29, 1.82) is 0 Å². The molecule has 1 N–H and O–H groups in total. The highest BCUT2D eigenvalue weighted by Crippen LogP contribution is 2.15. The summed E-state index contributed by atoms with van der Waals surface area (Å²) in [5.74, 6) is -0.147. The van der Waals surface area contributed by atoms with Crippen molar-refractivity contribution < 1.29 is 9.53 Å². The lowest BCUT2D eigenvalue weighted by atomic mass is 10.2. The minimum atomic E-state index is -0.170. The number of hydrogen-bond donors (Lipinski definition) is 1. The van der Waals surface area contributed by atoms with Gasteiger partial charge in [0.25, 0.3) is 0 Å². The first kappa shape index (κ1) is 9.06. The SMILES string of the molecule is Cc1cccc(NC2CCOC2=O)c1. The molecule has 0 spiro atoms. The van der Waals surface area contributed by atoms with E-state index in [9.17, 15) is 4.79 Å². The van der Waals surface area contributed by atoms with Gasteiger partial charge in [-0.1, -0.05) is 12.1 Å². The molecule has 3 heteroatoms. The Morgan fingerprint density at radius 2 is 2.36 bits per heavy atom. The van der Waals surface area contributed by atoms with E-state index in [0.717, 1.165) is 12.1 Å². The molecule has 1 fully saturated rings. The van der Waals surface area contributed by atoms with Crippen LogP contribution >= 0.6 is 0 Å². The molecule has 1 aromatic carbocycles. The molecule has 0 radical (unpaired) electrons. The molecule has 74 valence electrons. The van der Waals surface area contributed by atoms with Crippen LogP contribution in [0.3, 0.4) is 0 Å². The number of benzene rings is 1. The molecule has 1 aliphatic heterocycles. The average molecular weight is 191 g/mol. The zero-order chi connectivity index (χ0) is 9.97. The van der Waals surface area contributed by atoms with Crippen molar-refractivity contribution in [3.63, 3.8) is 0 Å². The van der Waals surface area contributed by atoms with Crippen LogP contribution in [0.5, 0.6) is 0 Å². The van der Waals surface area contributed by atoms with Crippen LogP contribution in [-0.2, 0) is 9.53 Å². The van der Waals surface area contributed by atoms with Crippen molar-refractivity contribution >= 4 is 11.7 Å². The number of hydrogen-bond acceptors (Lipinski definition) is 3. The number of ether oxygens (including phenoxy) is 1. The van der Waals surface area contributed by atoms with Crippen molar-refractivity contribution in [1.82, 2.24) is 0 Å². The van der Waals surface area contributed by atoms with Gasteiger partial charge in [0.15, 0.2) is 0 Å². The topological polar surface area (TPSA) is 38.3 Å². The molecule has 0 amide bonds. The molecule has 14 heavy (non-hydrogen) atoms. The Labute approximate surface area is 83.1 Å². The van der Waals surface area contributed by atoms with Crippen molar-refractivity contribution in [2.24, 2.45) is 0 Å². The molecule has 0 bridgehead atoms. The van der Waals surface area contributed by atoms with E-state index < -0.39 is 0 Å². The van der Waals surface area contributed by atoms with E-state index in [-0.39, 0.29) is 12.0 Å². The van der Waals surface area contributed by atoms with Gasteiger partial charge in [-0.2, -0.15) is 0 Å². The first-order valence-electron chi connectivity index (χ1n) is 4.75. The van der Waals surface area contributed by atoms with Crippen molar-refractivity contribution in [3.8, 4) is 0 Å². The Bertz CT molecular complexity index is 349. The van der Waals surface area contributed by atoms with Gasteiger partial charge in [0.2, 0.25) is 0 Å². The molecule has 1 saturated heterocycles. The monoisotopic (exact) mass is 191 g/mol. The maximum Gasteiger partial charge on any atom is 0.328 e.